The first-order valence-corrected chi connectivity index (χ1v) is 7.48. The minimum atomic E-state index is -0.529. The topological polar surface area (TPSA) is 55.6 Å². The highest BCUT2D eigenvalue weighted by Gasteiger charge is 2.40. The van der Waals surface area contributed by atoms with Crippen molar-refractivity contribution in [3.05, 3.63) is 29.6 Å². The number of methoxy groups -OCH3 is 1. The normalized spacial score (nSPS) is 28.3. The predicted octanol–water partition coefficient (Wildman–Crippen LogP) is 2.03. The van der Waals surface area contributed by atoms with E-state index < -0.39 is 5.82 Å². The Morgan fingerprint density at radius 1 is 1.38 bits per heavy atom. The Bertz CT molecular complexity index is 549. The Morgan fingerprint density at radius 3 is 2.86 bits per heavy atom. The molecule has 0 radical (unpaired) electrons. The average Bonchev–Trinajstić information content (AvgIpc) is 2.92. The zero-order valence-electron chi connectivity index (χ0n) is 12.2. The third-order valence-corrected chi connectivity index (χ3v) is 4.85. The van der Waals surface area contributed by atoms with Gasteiger partial charge < -0.3 is 15.4 Å². The number of benzene rings is 1. The zero-order valence-corrected chi connectivity index (χ0v) is 12.2. The van der Waals surface area contributed by atoms with Gasteiger partial charge in [0.2, 0.25) is 0 Å². The molecule has 1 amide bonds. The molecule has 2 aliphatic rings. The fraction of sp³-hybridized carbons (Fsp3) is 0.562. The SMILES string of the molecule is COc1ccc(C(=O)N2CC3CCCC(N)C3C2)c(F)c1. The van der Waals surface area contributed by atoms with Crippen molar-refractivity contribution in [2.45, 2.75) is 25.3 Å². The second-order valence-corrected chi connectivity index (χ2v) is 6.07. The first-order valence-electron chi connectivity index (χ1n) is 7.48. The van der Waals surface area contributed by atoms with Crippen LogP contribution in [0.15, 0.2) is 18.2 Å². The monoisotopic (exact) mass is 292 g/mol. The lowest BCUT2D eigenvalue weighted by Gasteiger charge is -2.29. The van der Waals surface area contributed by atoms with Crippen LogP contribution in [-0.4, -0.2) is 37.0 Å². The molecule has 0 bridgehead atoms. The molecule has 2 N–H and O–H groups in total. The van der Waals surface area contributed by atoms with Crippen LogP contribution < -0.4 is 10.5 Å². The molecular weight excluding hydrogens is 271 g/mol. The van der Waals surface area contributed by atoms with Crippen LogP contribution in [-0.2, 0) is 0 Å². The molecule has 1 aliphatic carbocycles. The highest BCUT2D eigenvalue weighted by atomic mass is 19.1. The van der Waals surface area contributed by atoms with Gasteiger partial charge in [0.05, 0.1) is 12.7 Å². The van der Waals surface area contributed by atoms with E-state index in [2.05, 4.69) is 0 Å². The number of fused-ring (bicyclic) bond motifs is 1. The van der Waals surface area contributed by atoms with Gasteiger partial charge in [-0.15, -0.1) is 0 Å². The maximum atomic E-state index is 14.0. The molecule has 1 saturated carbocycles. The largest absolute Gasteiger partial charge is 0.497 e. The van der Waals surface area contributed by atoms with Gasteiger partial charge in [-0.3, -0.25) is 4.79 Å². The van der Waals surface area contributed by atoms with Crippen LogP contribution >= 0.6 is 0 Å². The first kappa shape index (κ1) is 14.3. The second-order valence-electron chi connectivity index (χ2n) is 6.07. The number of amides is 1. The molecule has 2 fully saturated rings. The summed E-state index contributed by atoms with van der Waals surface area (Å²) in [5.74, 6) is 0.486. The molecule has 0 spiro atoms. The van der Waals surface area contributed by atoms with Gasteiger partial charge in [-0.05, 0) is 36.8 Å². The molecule has 1 aromatic rings. The van der Waals surface area contributed by atoms with Crippen LogP contribution in [0.3, 0.4) is 0 Å². The van der Waals surface area contributed by atoms with Crippen molar-refractivity contribution < 1.29 is 13.9 Å². The Kier molecular flexibility index (Phi) is 3.85. The number of rotatable bonds is 2. The molecule has 1 heterocycles. The molecular formula is C16H21FN2O2. The lowest BCUT2D eigenvalue weighted by molar-refractivity contribution is 0.0779. The van der Waals surface area contributed by atoms with Crippen LogP contribution in [0.2, 0.25) is 0 Å². The van der Waals surface area contributed by atoms with E-state index in [1.807, 2.05) is 0 Å². The minimum Gasteiger partial charge on any atom is -0.497 e. The Labute approximate surface area is 124 Å². The fourth-order valence-electron chi connectivity index (χ4n) is 3.65. The van der Waals surface area contributed by atoms with Crippen molar-refractivity contribution in [2.75, 3.05) is 20.2 Å². The predicted molar refractivity (Wildman–Crippen MR) is 77.7 cm³/mol. The third-order valence-electron chi connectivity index (χ3n) is 4.85. The van der Waals surface area contributed by atoms with Crippen LogP contribution in [0, 0.1) is 17.7 Å². The molecule has 5 heteroatoms. The number of halogens is 1. The fourth-order valence-corrected chi connectivity index (χ4v) is 3.65. The molecule has 0 aromatic heterocycles. The van der Waals surface area contributed by atoms with Crippen LogP contribution in [0.4, 0.5) is 4.39 Å². The van der Waals surface area contributed by atoms with E-state index in [0.717, 1.165) is 19.3 Å². The molecule has 3 unspecified atom stereocenters. The number of nitrogens with zero attached hydrogens (tertiary/aromatic N) is 1. The Morgan fingerprint density at radius 2 is 2.19 bits per heavy atom. The van der Waals surface area contributed by atoms with Crippen LogP contribution in [0.1, 0.15) is 29.6 Å². The Hall–Kier alpha value is -1.62. The summed E-state index contributed by atoms with van der Waals surface area (Å²) in [4.78, 5) is 14.3. The van der Waals surface area contributed by atoms with Crippen molar-refractivity contribution in [1.29, 1.82) is 0 Å². The maximum absolute atomic E-state index is 14.0. The van der Waals surface area contributed by atoms with E-state index in [1.54, 1.807) is 11.0 Å². The van der Waals surface area contributed by atoms with Crippen LogP contribution in [0.25, 0.3) is 0 Å². The summed E-state index contributed by atoms with van der Waals surface area (Å²) in [6.45, 7) is 1.35. The van der Waals surface area contributed by atoms with E-state index in [4.69, 9.17) is 10.5 Å². The number of hydrogen-bond acceptors (Lipinski definition) is 3. The molecule has 1 saturated heterocycles. The summed E-state index contributed by atoms with van der Waals surface area (Å²) in [6, 6.07) is 4.54. The van der Waals surface area contributed by atoms with Crippen molar-refractivity contribution in [1.82, 2.24) is 4.90 Å². The highest BCUT2D eigenvalue weighted by Crippen LogP contribution is 2.36. The molecule has 3 atom stereocenters. The quantitative estimate of drug-likeness (QED) is 0.907. The third kappa shape index (κ3) is 2.62. The van der Waals surface area contributed by atoms with Crippen LogP contribution in [0.5, 0.6) is 5.75 Å². The van der Waals surface area contributed by atoms with Gasteiger partial charge in [0.1, 0.15) is 11.6 Å². The van der Waals surface area contributed by atoms with Crippen molar-refractivity contribution >= 4 is 5.91 Å². The number of nitrogens with two attached hydrogens (primary N) is 1. The van der Waals surface area contributed by atoms with E-state index >= 15 is 0 Å². The first-order chi connectivity index (χ1) is 10.1. The van der Waals surface area contributed by atoms with Crippen molar-refractivity contribution in [3.8, 4) is 5.75 Å². The van der Waals surface area contributed by atoms with Gasteiger partial charge in [0.15, 0.2) is 0 Å². The number of carbonyl (C=O) groups excluding carboxylic acids is 1. The number of ether oxygens (including phenoxy) is 1. The van der Waals surface area contributed by atoms with E-state index in [-0.39, 0.29) is 17.5 Å². The lowest BCUT2D eigenvalue weighted by Crippen LogP contribution is -2.38. The second kappa shape index (κ2) is 5.64. The number of likely N-dealkylation sites (tertiary alicyclic amines) is 1. The standard InChI is InChI=1S/C16H21FN2O2/c1-21-11-5-6-12(14(17)7-11)16(20)19-8-10-3-2-4-15(18)13(10)9-19/h5-7,10,13,15H,2-4,8-9,18H2,1H3. The molecule has 21 heavy (non-hydrogen) atoms. The average molecular weight is 292 g/mol. The van der Waals surface area contributed by atoms with Gasteiger partial charge >= 0.3 is 0 Å². The molecule has 1 aromatic carbocycles. The summed E-state index contributed by atoms with van der Waals surface area (Å²) < 4.78 is 19.0. The van der Waals surface area contributed by atoms with Crippen molar-refractivity contribution in [3.63, 3.8) is 0 Å². The van der Waals surface area contributed by atoms with E-state index in [9.17, 15) is 9.18 Å². The zero-order chi connectivity index (χ0) is 15.0. The molecule has 4 nitrogen and oxygen atoms in total. The molecule has 114 valence electrons. The van der Waals surface area contributed by atoms with E-state index in [0.29, 0.717) is 30.7 Å². The lowest BCUT2D eigenvalue weighted by atomic mass is 9.78. The van der Waals surface area contributed by atoms with Gasteiger partial charge in [0, 0.05) is 25.2 Å². The Balaban J connectivity index is 1.77. The number of hydrogen-bond donors (Lipinski definition) is 1. The smallest absolute Gasteiger partial charge is 0.256 e. The summed E-state index contributed by atoms with van der Waals surface area (Å²) in [5, 5.41) is 0. The van der Waals surface area contributed by atoms with E-state index in [1.165, 1.54) is 19.2 Å². The van der Waals surface area contributed by atoms with Gasteiger partial charge in [0.25, 0.3) is 5.91 Å². The van der Waals surface area contributed by atoms with Crippen molar-refractivity contribution in [2.24, 2.45) is 17.6 Å². The van der Waals surface area contributed by atoms with Gasteiger partial charge in [-0.1, -0.05) is 6.42 Å². The summed E-state index contributed by atoms with van der Waals surface area (Å²) in [6.07, 6.45) is 3.27. The molecule has 3 rings (SSSR count). The highest BCUT2D eigenvalue weighted by molar-refractivity contribution is 5.94. The summed E-state index contributed by atoms with van der Waals surface area (Å²) in [7, 11) is 1.48. The molecule has 1 aliphatic heterocycles. The minimum absolute atomic E-state index is 0.114. The maximum Gasteiger partial charge on any atom is 0.256 e. The summed E-state index contributed by atoms with van der Waals surface area (Å²) in [5.41, 5.74) is 6.27. The number of carbonyl (C=O) groups is 1. The van der Waals surface area contributed by atoms with Gasteiger partial charge in [-0.25, -0.2) is 4.39 Å². The summed E-state index contributed by atoms with van der Waals surface area (Å²) >= 11 is 0. The van der Waals surface area contributed by atoms with Gasteiger partial charge in [-0.2, -0.15) is 0 Å².